The first-order chi connectivity index (χ1) is 18.6. The third kappa shape index (κ3) is 7.09. The highest BCUT2D eigenvalue weighted by Crippen LogP contribution is 2.38. The second-order valence-corrected chi connectivity index (χ2v) is 12.1. The predicted molar refractivity (Wildman–Crippen MR) is 153 cm³/mol. The van der Waals surface area contributed by atoms with Gasteiger partial charge in [0.15, 0.2) is 11.6 Å². The Kier molecular flexibility index (Phi) is 9.49. The summed E-state index contributed by atoms with van der Waals surface area (Å²) in [5, 5.41) is 13.6. The van der Waals surface area contributed by atoms with E-state index in [0.29, 0.717) is 18.7 Å². The molecule has 2 aliphatic heterocycles. The number of rotatable bonds is 11. The molecule has 1 aromatic carbocycles. The smallest absolute Gasteiger partial charge is 0.325 e. The maximum atomic E-state index is 15.0. The summed E-state index contributed by atoms with van der Waals surface area (Å²) in [4.78, 5) is 21.6. The van der Waals surface area contributed by atoms with E-state index in [1.54, 1.807) is 0 Å². The van der Waals surface area contributed by atoms with Gasteiger partial charge in [-0.3, -0.25) is 9.69 Å². The van der Waals surface area contributed by atoms with Crippen LogP contribution in [-0.2, 0) is 23.1 Å². The van der Waals surface area contributed by atoms with Gasteiger partial charge >= 0.3 is 5.97 Å². The molecule has 1 saturated heterocycles. The average Bonchev–Trinajstić information content (AvgIpc) is 3.37. The number of aromatic nitrogens is 1. The number of unbranched alkanes of at least 4 members (excludes halogenated alkanes) is 2. The Balaban J connectivity index is 1.31. The number of likely N-dealkylation sites (N-methyl/N-ethyl adjacent to an activating group) is 1. The van der Waals surface area contributed by atoms with Crippen LogP contribution in [0.25, 0.3) is 0 Å². The van der Waals surface area contributed by atoms with Crippen molar-refractivity contribution in [2.24, 2.45) is 0 Å². The van der Waals surface area contributed by atoms with Crippen molar-refractivity contribution in [1.82, 2.24) is 14.8 Å². The van der Waals surface area contributed by atoms with Crippen LogP contribution >= 0.6 is 0 Å². The molecule has 2 atom stereocenters. The summed E-state index contributed by atoms with van der Waals surface area (Å²) in [6.45, 7) is 9.24. The quantitative estimate of drug-likeness (QED) is 0.368. The number of likely N-dealkylation sites (tertiary alicyclic amines) is 1. The lowest BCUT2D eigenvalue weighted by atomic mass is 9.84. The van der Waals surface area contributed by atoms with Crippen molar-refractivity contribution in [3.63, 3.8) is 0 Å². The lowest BCUT2D eigenvalue weighted by Gasteiger charge is -2.30. The molecule has 39 heavy (non-hydrogen) atoms. The largest absolute Gasteiger partial charge is 0.493 e. The lowest BCUT2D eigenvalue weighted by molar-refractivity contribution is -0.143. The minimum absolute atomic E-state index is 0.0244. The number of carboxylic acids is 1. The summed E-state index contributed by atoms with van der Waals surface area (Å²) in [5.41, 5.74) is 3.32. The van der Waals surface area contributed by atoms with Crippen LogP contribution in [0, 0.1) is 5.82 Å². The Morgan fingerprint density at radius 3 is 2.79 bits per heavy atom. The van der Waals surface area contributed by atoms with Crippen LogP contribution in [0.2, 0.25) is 0 Å². The summed E-state index contributed by atoms with van der Waals surface area (Å²) in [7, 11) is 3.53. The number of pyridine rings is 1. The Morgan fingerprint density at radius 1 is 1.28 bits per heavy atom. The molecule has 0 radical (unpaired) electrons. The number of carboxylic acid groups (broad SMARTS) is 1. The maximum Gasteiger partial charge on any atom is 0.325 e. The lowest BCUT2D eigenvalue weighted by Crippen LogP contribution is -2.38. The van der Waals surface area contributed by atoms with Gasteiger partial charge in [0.2, 0.25) is 0 Å². The Bertz CT molecular complexity index is 1150. The van der Waals surface area contributed by atoms with Crippen molar-refractivity contribution in [2.75, 3.05) is 45.7 Å². The zero-order valence-electron chi connectivity index (χ0n) is 24.2. The van der Waals surface area contributed by atoms with E-state index in [4.69, 9.17) is 9.72 Å². The molecule has 0 spiro atoms. The zero-order chi connectivity index (χ0) is 28.2. The Labute approximate surface area is 232 Å². The number of hydrogen-bond donors (Lipinski definition) is 2. The van der Waals surface area contributed by atoms with E-state index in [1.165, 1.54) is 25.2 Å². The highest BCUT2D eigenvalue weighted by Gasteiger charge is 2.37. The summed E-state index contributed by atoms with van der Waals surface area (Å²) in [6.07, 6.45) is 7.48. The highest BCUT2D eigenvalue weighted by atomic mass is 19.1. The van der Waals surface area contributed by atoms with E-state index < -0.39 is 17.8 Å². The second-order valence-electron chi connectivity index (χ2n) is 12.1. The van der Waals surface area contributed by atoms with Gasteiger partial charge < -0.3 is 20.1 Å². The molecule has 1 unspecified atom stereocenters. The molecule has 2 aromatic rings. The highest BCUT2D eigenvalue weighted by molar-refractivity contribution is 5.77. The minimum atomic E-state index is -0.979. The number of halogens is 1. The number of nitrogens with zero attached hydrogens (tertiary/aromatic N) is 3. The average molecular weight is 541 g/mol. The molecule has 0 aliphatic carbocycles. The molecule has 0 amide bonds. The Hall–Kier alpha value is -2.71. The number of aliphatic carboxylic acids is 1. The number of fused-ring (bicyclic) bond motifs is 1. The number of aryl methyl sites for hydroxylation is 2. The van der Waals surface area contributed by atoms with Crippen molar-refractivity contribution in [3.05, 3.63) is 52.5 Å². The summed E-state index contributed by atoms with van der Waals surface area (Å²) in [5.74, 6) is -0.403. The van der Waals surface area contributed by atoms with Crippen LogP contribution in [0.3, 0.4) is 0 Å². The third-order valence-electron chi connectivity index (χ3n) is 8.25. The number of methoxy groups -OCH3 is 1. The standard InChI is InChI=1S/C31H45FN4O3/c1-31(2,3)22-18-25(28(39-5)26(32)19-22)27(30(37)38)36-17-14-24(20-36)35(4)16-8-6-7-11-23-13-12-21-10-9-15-33-29(21)34-23/h12-13,18-19,24,27H,6-11,14-17,20H2,1-5H3,(H,33,34)(H,37,38)/t24-,27?/m1/s1. The topological polar surface area (TPSA) is 77.9 Å². The first-order valence-electron chi connectivity index (χ1n) is 14.4. The molecule has 2 aliphatic rings. The van der Waals surface area contributed by atoms with Crippen LogP contribution in [0.5, 0.6) is 5.75 Å². The van der Waals surface area contributed by atoms with Crippen LogP contribution in [0.1, 0.15) is 81.3 Å². The number of nitrogens with one attached hydrogen (secondary N) is 1. The number of benzene rings is 1. The molecule has 3 heterocycles. The number of carbonyl (C=O) groups is 1. The minimum Gasteiger partial charge on any atom is -0.493 e. The zero-order valence-corrected chi connectivity index (χ0v) is 24.2. The van der Waals surface area contributed by atoms with Gasteiger partial charge in [-0.2, -0.15) is 0 Å². The van der Waals surface area contributed by atoms with Crippen LogP contribution < -0.4 is 10.1 Å². The monoisotopic (exact) mass is 540 g/mol. The third-order valence-corrected chi connectivity index (χ3v) is 8.25. The van der Waals surface area contributed by atoms with Crippen LogP contribution in [-0.4, -0.2) is 72.2 Å². The molecule has 1 aromatic heterocycles. The van der Waals surface area contributed by atoms with Crippen molar-refractivity contribution in [3.8, 4) is 5.75 Å². The molecule has 4 rings (SSSR count). The molecule has 1 fully saturated rings. The van der Waals surface area contributed by atoms with Gasteiger partial charge in [-0.1, -0.05) is 33.3 Å². The molecule has 0 bridgehead atoms. The molecular formula is C31H45FN4O3. The van der Waals surface area contributed by atoms with Crippen molar-refractivity contribution >= 4 is 11.8 Å². The van der Waals surface area contributed by atoms with Gasteiger partial charge in [0.25, 0.3) is 0 Å². The van der Waals surface area contributed by atoms with E-state index in [2.05, 4.69) is 29.4 Å². The summed E-state index contributed by atoms with van der Waals surface area (Å²) < 4.78 is 20.4. The molecule has 0 saturated carbocycles. The van der Waals surface area contributed by atoms with Crippen molar-refractivity contribution < 1.29 is 19.0 Å². The Morgan fingerprint density at radius 2 is 2.08 bits per heavy atom. The molecular weight excluding hydrogens is 495 g/mol. The number of hydrogen-bond acceptors (Lipinski definition) is 6. The molecule has 7 nitrogen and oxygen atoms in total. The van der Waals surface area contributed by atoms with Gasteiger partial charge in [-0.05, 0) is 86.9 Å². The van der Waals surface area contributed by atoms with E-state index in [-0.39, 0.29) is 17.2 Å². The summed E-state index contributed by atoms with van der Waals surface area (Å²) >= 11 is 0. The molecule has 8 heteroatoms. The van der Waals surface area contributed by atoms with Gasteiger partial charge in [0, 0.05) is 36.9 Å². The first kappa shape index (κ1) is 29.3. The fourth-order valence-corrected chi connectivity index (χ4v) is 5.85. The predicted octanol–water partition coefficient (Wildman–Crippen LogP) is 5.43. The first-order valence-corrected chi connectivity index (χ1v) is 14.4. The number of anilines is 1. The van der Waals surface area contributed by atoms with Crippen LogP contribution in [0.4, 0.5) is 10.2 Å². The van der Waals surface area contributed by atoms with Crippen molar-refractivity contribution in [1.29, 1.82) is 0 Å². The van der Waals surface area contributed by atoms with E-state index >= 15 is 0 Å². The van der Waals surface area contributed by atoms with Crippen LogP contribution in [0.15, 0.2) is 24.3 Å². The molecule has 2 N–H and O–H groups in total. The maximum absolute atomic E-state index is 15.0. The number of ether oxygens (including phenoxy) is 1. The normalized spacial score (nSPS) is 18.6. The van der Waals surface area contributed by atoms with E-state index in [1.807, 2.05) is 31.7 Å². The van der Waals surface area contributed by atoms with E-state index in [9.17, 15) is 14.3 Å². The van der Waals surface area contributed by atoms with E-state index in [0.717, 1.165) is 68.7 Å². The molecule has 214 valence electrons. The fourth-order valence-electron chi connectivity index (χ4n) is 5.85. The SMILES string of the molecule is COc1c(F)cc(C(C)(C)C)cc1C(C(=O)O)N1CC[C@@H](N(C)CCCCCc2ccc3c(n2)NCCC3)C1. The van der Waals surface area contributed by atoms with Gasteiger partial charge in [0.05, 0.1) is 7.11 Å². The van der Waals surface area contributed by atoms with Gasteiger partial charge in [-0.25, -0.2) is 9.37 Å². The van der Waals surface area contributed by atoms with Gasteiger partial charge in [0.1, 0.15) is 11.9 Å². The van der Waals surface area contributed by atoms with Crippen molar-refractivity contribution in [2.45, 2.75) is 83.2 Å². The van der Waals surface area contributed by atoms with Gasteiger partial charge in [-0.15, -0.1) is 0 Å². The fraction of sp³-hybridized carbons (Fsp3) is 0.613. The second kappa shape index (κ2) is 12.6. The summed E-state index contributed by atoms with van der Waals surface area (Å²) in [6, 6.07) is 6.97.